The summed E-state index contributed by atoms with van der Waals surface area (Å²) in [7, 11) is 3.30. The number of hydrogen-bond acceptors (Lipinski definition) is 3. The number of rotatable bonds is 3. The molecule has 0 radical (unpaired) electrons. The third-order valence-electron chi connectivity index (χ3n) is 2.55. The van der Waals surface area contributed by atoms with Gasteiger partial charge in [0.05, 0.1) is 26.1 Å². The van der Waals surface area contributed by atoms with Gasteiger partial charge in [-0.05, 0) is 40.5 Å². The van der Waals surface area contributed by atoms with Crippen molar-refractivity contribution in [3.05, 3.63) is 28.6 Å². The predicted octanol–water partition coefficient (Wildman–Crippen LogP) is 3.16. The highest BCUT2D eigenvalue weighted by atomic mass is 79.9. The molecule has 0 aliphatic heterocycles. The van der Waals surface area contributed by atoms with E-state index in [1.54, 1.807) is 20.4 Å². The number of aryl methyl sites for hydroxylation is 1. The van der Waals surface area contributed by atoms with Crippen LogP contribution in [-0.4, -0.2) is 24.2 Å². The highest BCUT2D eigenvalue weighted by Gasteiger charge is 2.12. The molecule has 0 fully saturated rings. The molecule has 0 aliphatic rings. The van der Waals surface area contributed by atoms with Crippen LogP contribution in [0.25, 0.3) is 11.3 Å². The van der Waals surface area contributed by atoms with E-state index in [9.17, 15) is 0 Å². The predicted molar refractivity (Wildman–Crippen MR) is 69.6 cm³/mol. The molecule has 0 amide bonds. The van der Waals surface area contributed by atoms with E-state index in [4.69, 9.17) is 9.47 Å². The van der Waals surface area contributed by atoms with Crippen LogP contribution in [0.3, 0.4) is 0 Å². The van der Waals surface area contributed by atoms with Crippen LogP contribution in [0.2, 0.25) is 0 Å². The van der Waals surface area contributed by atoms with E-state index in [-0.39, 0.29) is 0 Å². The second-order valence-electron chi connectivity index (χ2n) is 3.61. The number of aromatic amines is 1. The summed E-state index contributed by atoms with van der Waals surface area (Å²) in [6.45, 7) is 1.98. The zero-order valence-corrected chi connectivity index (χ0v) is 11.5. The quantitative estimate of drug-likeness (QED) is 0.946. The second-order valence-corrected chi connectivity index (χ2v) is 4.36. The number of aromatic nitrogens is 2. The molecule has 1 heterocycles. The zero-order chi connectivity index (χ0) is 12.4. The van der Waals surface area contributed by atoms with Crippen molar-refractivity contribution in [1.29, 1.82) is 0 Å². The van der Waals surface area contributed by atoms with Crippen LogP contribution in [0, 0.1) is 6.92 Å². The maximum atomic E-state index is 5.37. The Morgan fingerprint density at radius 1 is 1.18 bits per heavy atom. The molecule has 2 aromatic rings. The summed E-state index contributed by atoms with van der Waals surface area (Å²) >= 11 is 3.29. The van der Waals surface area contributed by atoms with Gasteiger partial charge in [0, 0.05) is 5.56 Å². The number of imidazole rings is 1. The minimum absolute atomic E-state index is 0.689. The SMILES string of the molecule is COc1cc(-c2cnc(Br)[nH]2)c(OC)cc1C. The van der Waals surface area contributed by atoms with E-state index in [0.717, 1.165) is 28.3 Å². The first-order valence-electron chi connectivity index (χ1n) is 5.09. The molecule has 0 aliphatic carbocycles. The van der Waals surface area contributed by atoms with E-state index >= 15 is 0 Å². The van der Waals surface area contributed by atoms with E-state index < -0.39 is 0 Å². The molecule has 1 aromatic heterocycles. The lowest BCUT2D eigenvalue weighted by Gasteiger charge is -2.11. The molecule has 0 unspecified atom stereocenters. The molecular weight excluding hydrogens is 284 g/mol. The fourth-order valence-electron chi connectivity index (χ4n) is 1.69. The monoisotopic (exact) mass is 296 g/mol. The van der Waals surface area contributed by atoms with Crippen molar-refractivity contribution in [2.75, 3.05) is 14.2 Å². The topological polar surface area (TPSA) is 47.1 Å². The van der Waals surface area contributed by atoms with E-state index in [0.29, 0.717) is 4.73 Å². The van der Waals surface area contributed by atoms with Crippen molar-refractivity contribution in [3.8, 4) is 22.8 Å². The van der Waals surface area contributed by atoms with Gasteiger partial charge in [-0.3, -0.25) is 0 Å². The van der Waals surface area contributed by atoms with Crippen molar-refractivity contribution >= 4 is 15.9 Å². The summed E-state index contributed by atoms with van der Waals surface area (Å²) in [6, 6.07) is 3.89. The van der Waals surface area contributed by atoms with Crippen LogP contribution in [-0.2, 0) is 0 Å². The molecule has 90 valence electrons. The number of methoxy groups -OCH3 is 2. The third kappa shape index (κ3) is 2.29. The van der Waals surface area contributed by atoms with Crippen LogP contribution in [0.1, 0.15) is 5.56 Å². The summed E-state index contributed by atoms with van der Waals surface area (Å²) in [5.41, 5.74) is 2.84. The zero-order valence-electron chi connectivity index (χ0n) is 9.87. The van der Waals surface area contributed by atoms with Gasteiger partial charge in [0.15, 0.2) is 4.73 Å². The molecule has 0 saturated carbocycles. The summed E-state index contributed by atoms with van der Waals surface area (Å²) in [5.74, 6) is 1.62. The Morgan fingerprint density at radius 3 is 2.41 bits per heavy atom. The van der Waals surface area contributed by atoms with Gasteiger partial charge in [-0.15, -0.1) is 0 Å². The van der Waals surface area contributed by atoms with Gasteiger partial charge in [0.2, 0.25) is 0 Å². The van der Waals surface area contributed by atoms with E-state index in [1.807, 2.05) is 19.1 Å². The van der Waals surface area contributed by atoms with Crippen molar-refractivity contribution in [1.82, 2.24) is 9.97 Å². The number of H-pyrrole nitrogens is 1. The van der Waals surface area contributed by atoms with Crippen molar-refractivity contribution in [2.24, 2.45) is 0 Å². The summed E-state index contributed by atoms with van der Waals surface area (Å²) in [5, 5.41) is 0. The Hall–Kier alpha value is -1.49. The smallest absolute Gasteiger partial charge is 0.174 e. The average Bonchev–Trinajstić information content (AvgIpc) is 2.75. The van der Waals surface area contributed by atoms with E-state index in [1.165, 1.54) is 0 Å². The molecule has 17 heavy (non-hydrogen) atoms. The van der Waals surface area contributed by atoms with Crippen molar-refractivity contribution < 1.29 is 9.47 Å². The van der Waals surface area contributed by atoms with Crippen LogP contribution < -0.4 is 9.47 Å². The number of nitrogens with zero attached hydrogens (tertiary/aromatic N) is 1. The first-order valence-corrected chi connectivity index (χ1v) is 5.88. The van der Waals surface area contributed by atoms with Crippen molar-refractivity contribution in [2.45, 2.75) is 6.92 Å². The highest BCUT2D eigenvalue weighted by Crippen LogP contribution is 2.35. The molecule has 1 aromatic carbocycles. The molecule has 0 bridgehead atoms. The first-order chi connectivity index (χ1) is 8.15. The van der Waals surface area contributed by atoms with Gasteiger partial charge in [-0.2, -0.15) is 0 Å². The lowest BCUT2D eigenvalue weighted by molar-refractivity contribution is 0.401. The van der Waals surface area contributed by atoms with Gasteiger partial charge in [0.25, 0.3) is 0 Å². The average molecular weight is 297 g/mol. The minimum Gasteiger partial charge on any atom is -0.496 e. The maximum absolute atomic E-state index is 5.37. The molecular formula is C12H13BrN2O2. The molecule has 4 nitrogen and oxygen atoms in total. The minimum atomic E-state index is 0.689. The Labute approximate surface area is 108 Å². The number of benzene rings is 1. The van der Waals surface area contributed by atoms with Crippen LogP contribution in [0.4, 0.5) is 0 Å². The van der Waals surface area contributed by atoms with Crippen LogP contribution in [0.5, 0.6) is 11.5 Å². The molecule has 0 saturated heterocycles. The Morgan fingerprint density at radius 2 is 1.88 bits per heavy atom. The first kappa shape index (κ1) is 12.0. The number of halogens is 1. The highest BCUT2D eigenvalue weighted by molar-refractivity contribution is 9.10. The molecule has 0 spiro atoms. The number of ether oxygens (including phenoxy) is 2. The Kier molecular flexibility index (Phi) is 3.38. The van der Waals surface area contributed by atoms with Crippen LogP contribution in [0.15, 0.2) is 23.1 Å². The lowest BCUT2D eigenvalue weighted by atomic mass is 10.1. The normalized spacial score (nSPS) is 10.4. The largest absolute Gasteiger partial charge is 0.496 e. The maximum Gasteiger partial charge on any atom is 0.174 e. The van der Waals surface area contributed by atoms with Crippen LogP contribution >= 0.6 is 15.9 Å². The fourth-order valence-corrected chi connectivity index (χ4v) is 2.01. The summed E-state index contributed by atoms with van der Waals surface area (Å²) < 4.78 is 11.4. The molecule has 1 N–H and O–H groups in total. The van der Waals surface area contributed by atoms with Gasteiger partial charge < -0.3 is 14.5 Å². The van der Waals surface area contributed by atoms with Crippen molar-refractivity contribution in [3.63, 3.8) is 0 Å². The standard InChI is InChI=1S/C12H13BrN2O2/c1-7-4-11(17-3)8(5-10(7)16-2)9-6-14-12(13)15-9/h4-6H,1-3H3,(H,14,15). The summed E-state index contributed by atoms with van der Waals surface area (Å²) in [6.07, 6.45) is 1.75. The van der Waals surface area contributed by atoms with Gasteiger partial charge in [-0.1, -0.05) is 0 Å². The fraction of sp³-hybridized carbons (Fsp3) is 0.250. The second kappa shape index (κ2) is 4.79. The molecule has 0 atom stereocenters. The third-order valence-corrected chi connectivity index (χ3v) is 2.95. The number of hydrogen-bond donors (Lipinski definition) is 1. The molecule has 2 rings (SSSR count). The Bertz CT molecular complexity index is 537. The van der Waals surface area contributed by atoms with E-state index in [2.05, 4.69) is 25.9 Å². The molecule has 5 heteroatoms. The van der Waals surface area contributed by atoms with Gasteiger partial charge in [-0.25, -0.2) is 4.98 Å². The number of nitrogens with one attached hydrogen (secondary N) is 1. The Balaban J connectivity index is 2.58. The van der Waals surface area contributed by atoms with Gasteiger partial charge in [0.1, 0.15) is 11.5 Å². The van der Waals surface area contributed by atoms with Gasteiger partial charge >= 0.3 is 0 Å². The summed E-state index contributed by atoms with van der Waals surface area (Å²) in [4.78, 5) is 7.22. The lowest BCUT2D eigenvalue weighted by Crippen LogP contribution is -1.93.